The van der Waals surface area contributed by atoms with Gasteiger partial charge in [0.15, 0.2) is 0 Å². The molecule has 3 heteroatoms. The SMILES string of the molecule is CNCC#Cc1ncco1. The monoisotopic (exact) mass is 136 g/mol. The first kappa shape index (κ1) is 6.84. The standard InChI is InChI=1S/C7H8N2O/c1-8-4-2-3-7-9-5-6-10-7/h5-6,8H,4H2,1H3. The summed E-state index contributed by atoms with van der Waals surface area (Å²) in [6.45, 7) is 0.655. The molecule has 52 valence electrons. The van der Waals surface area contributed by atoms with E-state index in [1.54, 1.807) is 6.20 Å². The molecular formula is C7H8N2O. The van der Waals surface area contributed by atoms with Crippen LogP contribution in [-0.4, -0.2) is 18.6 Å². The molecule has 0 bridgehead atoms. The van der Waals surface area contributed by atoms with E-state index >= 15 is 0 Å². The minimum atomic E-state index is 0.468. The average Bonchev–Trinajstić information content (AvgIpc) is 2.41. The van der Waals surface area contributed by atoms with Crippen molar-refractivity contribution in [2.24, 2.45) is 0 Å². The van der Waals surface area contributed by atoms with Gasteiger partial charge in [0.2, 0.25) is 0 Å². The minimum Gasteiger partial charge on any atom is -0.439 e. The molecule has 3 nitrogen and oxygen atoms in total. The molecule has 0 unspecified atom stereocenters. The smallest absolute Gasteiger partial charge is 0.273 e. The molecule has 0 spiro atoms. The van der Waals surface area contributed by atoms with Crippen LogP contribution in [0.25, 0.3) is 0 Å². The van der Waals surface area contributed by atoms with Gasteiger partial charge in [0, 0.05) is 0 Å². The molecule has 0 saturated heterocycles. The van der Waals surface area contributed by atoms with Crippen molar-refractivity contribution >= 4 is 0 Å². The minimum absolute atomic E-state index is 0.468. The Labute approximate surface area is 59.5 Å². The third kappa shape index (κ3) is 1.92. The molecule has 0 atom stereocenters. The van der Waals surface area contributed by atoms with Crippen LogP contribution in [0.5, 0.6) is 0 Å². The highest BCUT2D eigenvalue weighted by molar-refractivity contribution is 5.17. The van der Waals surface area contributed by atoms with Crippen LogP contribution in [0.3, 0.4) is 0 Å². The highest BCUT2D eigenvalue weighted by Crippen LogP contribution is 1.88. The van der Waals surface area contributed by atoms with Crippen LogP contribution in [0.2, 0.25) is 0 Å². The van der Waals surface area contributed by atoms with Crippen LogP contribution in [0.1, 0.15) is 5.89 Å². The summed E-state index contributed by atoms with van der Waals surface area (Å²) in [5, 5.41) is 2.89. The molecule has 0 saturated carbocycles. The summed E-state index contributed by atoms with van der Waals surface area (Å²) in [7, 11) is 1.84. The lowest BCUT2D eigenvalue weighted by Crippen LogP contribution is -2.04. The summed E-state index contributed by atoms with van der Waals surface area (Å²) in [5.74, 6) is 6.02. The van der Waals surface area contributed by atoms with Crippen molar-refractivity contribution in [2.45, 2.75) is 0 Å². The second-order valence-electron chi connectivity index (χ2n) is 1.67. The lowest BCUT2D eigenvalue weighted by molar-refractivity contribution is 0.543. The maximum Gasteiger partial charge on any atom is 0.273 e. The van der Waals surface area contributed by atoms with Crippen molar-refractivity contribution in [1.29, 1.82) is 0 Å². The molecule has 0 aliphatic heterocycles. The first-order valence-corrected chi connectivity index (χ1v) is 2.96. The molecule has 1 aromatic heterocycles. The van der Waals surface area contributed by atoms with E-state index in [0.717, 1.165) is 0 Å². The molecule has 0 aliphatic rings. The molecule has 1 heterocycles. The van der Waals surface area contributed by atoms with E-state index in [9.17, 15) is 0 Å². The summed E-state index contributed by atoms with van der Waals surface area (Å²) >= 11 is 0. The Morgan fingerprint density at radius 2 is 2.70 bits per heavy atom. The summed E-state index contributed by atoms with van der Waals surface area (Å²) in [4.78, 5) is 3.82. The first-order chi connectivity index (χ1) is 4.93. The van der Waals surface area contributed by atoms with Crippen molar-refractivity contribution in [2.75, 3.05) is 13.6 Å². The van der Waals surface area contributed by atoms with Gasteiger partial charge in [0.05, 0.1) is 12.7 Å². The Balaban J connectivity index is 2.49. The topological polar surface area (TPSA) is 38.1 Å². The van der Waals surface area contributed by atoms with Gasteiger partial charge in [-0.05, 0) is 13.0 Å². The quantitative estimate of drug-likeness (QED) is 0.562. The van der Waals surface area contributed by atoms with Gasteiger partial charge in [-0.3, -0.25) is 0 Å². The van der Waals surface area contributed by atoms with Crippen LogP contribution in [0.4, 0.5) is 0 Å². The second kappa shape index (κ2) is 3.70. The molecule has 0 aliphatic carbocycles. The number of hydrogen-bond donors (Lipinski definition) is 1. The maximum atomic E-state index is 4.87. The van der Waals surface area contributed by atoms with Crippen molar-refractivity contribution in [3.05, 3.63) is 18.4 Å². The molecule has 1 rings (SSSR count). The van der Waals surface area contributed by atoms with Crippen LogP contribution >= 0.6 is 0 Å². The third-order valence-corrected chi connectivity index (χ3v) is 0.893. The Morgan fingerprint density at radius 3 is 3.30 bits per heavy atom. The van der Waals surface area contributed by atoms with Crippen molar-refractivity contribution in [3.63, 3.8) is 0 Å². The van der Waals surface area contributed by atoms with Crippen LogP contribution in [0, 0.1) is 11.8 Å². The number of hydrogen-bond acceptors (Lipinski definition) is 3. The normalized spacial score (nSPS) is 8.50. The lowest BCUT2D eigenvalue weighted by atomic mass is 10.5. The Hall–Kier alpha value is -1.27. The lowest BCUT2D eigenvalue weighted by Gasteiger charge is -1.80. The fourth-order valence-corrected chi connectivity index (χ4v) is 0.493. The third-order valence-electron chi connectivity index (χ3n) is 0.893. The number of oxazole rings is 1. The molecule has 1 aromatic rings. The summed E-state index contributed by atoms with van der Waals surface area (Å²) < 4.78 is 4.87. The van der Waals surface area contributed by atoms with Gasteiger partial charge in [-0.2, -0.15) is 0 Å². The van der Waals surface area contributed by atoms with Gasteiger partial charge < -0.3 is 9.73 Å². The zero-order valence-corrected chi connectivity index (χ0v) is 5.72. The molecular weight excluding hydrogens is 128 g/mol. The molecule has 0 radical (unpaired) electrons. The predicted octanol–water partition coefficient (Wildman–Crippen LogP) is 0.245. The van der Waals surface area contributed by atoms with E-state index in [1.165, 1.54) is 6.26 Å². The van der Waals surface area contributed by atoms with E-state index in [0.29, 0.717) is 12.4 Å². The fraction of sp³-hybridized carbons (Fsp3) is 0.286. The van der Waals surface area contributed by atoms with Gasteiger partial charge in [-0.15, -0.1) is 0 Å². The second-order valence-corrected chi connectivity index (χ2v) is 1.67. The zero-order chi connectivity index (χ0) is 7.23. The van der Waals surface area contributed by atoms with E-state index in [1.807, 2.05) is 7.05 Å². The maximum absolute atomic E-state index is 4.87. The summed E-state index contributed by atoms with van der Waals surface area (Å²) in [5.41, 5.74) is 0. The molecule has 0 fully saturated rings. The summed E-state index contributed by atoms with van der Waals surface area (Å²) in [6, 6.07) is 0. The number of rotatable bonds is 1. The molecule has 0 amide bonds. The van der Waals surface area contributed by atoms with Gasteiger partial charge >= 0.3 is 0 Å². The van der Waals surface area contributed by atoms with E-state index < -0.39 is 0 Å². The molecule has 0 aromatic carbocycles. The van der Waals surface area contributed by atoms with Crippen molar-refractivity contribution in [1.82, 2.24) is 10.3 Å². The van der Waals surface area contributed by atoms with E-state index in [4.69, 9.17) is 4.42 Å². The number of nitrogens with one attached hydrogen (secondary N) is 1. The first-order valence-electron chi connectivity index (χ1n) is 2.96. The van der Waals surface area contributed by atoms with E-state index in [2.05, 4.69) is 22.1 Å². The molecule has 10 heavy (non-hydrogen) atoms. The van der Waals surface area contributed by atoms with E-state index in [-0.39, 0.29) is 0 Å². The Bertz CT molecular complexity index is 230. The Kier molecular flexibility index (Phi) is 2.53. The zero-order valence-electron chi connectivity index (χ0n) is 5.72. The van der Waals surface area contributed by atoms with Gasteiger partial charge in [-0.1, -0.05) is 5.92 Å². The van der Waals surface area contributed by atoms with Crippen LogP contribution in [0.15, 0.2) is 16.9 Å². The van der Waals surface area contributed by atoms with Gasteiger partial charge in [0.1, 0.15) is 6.26 Å². The van der Waals surface area contributed by atoms with Gasteiger partial charge in [0.25, 0.3) is 5.89 Å². The highest BCUT2D eigenvalue weighted by Gasteiger charge is 1.85. The number of aromatic nitrogens is 1. The van der Waals surface area contributed by atoms with Crippen molar-refractivity contribution in [3.8, 4) is 11.8 Å². The number of nitrogens with zero attached hydrogens (tertiary/aromatic N) is 1. The Morgan fingerprint density at radius 1 is 1.80 bits per heavy atom. The van der Waals surface area contributed by atoms with Crippen LogP contribution in [-0.2, 0) is 0 Å². The average molecular weight is 136 g/mol. The molecule has 1 N–H and O–H groups in total. The van der Waals surface area contributed by atoms with Gasteiger partial charge in [-0.25, -0.2) is 4.98 Å². The summed E-state index contributed by atoms with van der Waals surface area (Å²) in [6.07, 6.45) is 3.08. The van der Waals surface area contributed by atoms with Crippen LogP contribution < -0.4 is 5.32 Å². The predicted molar refractivity (Wildman–Crippen MR) is 37.3 cm³/mol. The highest BCUT2D eigenvalue weighted by atomic mass is 16.3. The largest absolute Gasteiger partial charge is 0.439 e. The fourth-order valence-electron chi connectivity index (χ4n) is 0.493. The van der Waals surface area contributed by atoms with Crippen molar-refractivity contribution < 1.29 is 4.42 Å².